The average Bonchev–Trinajstić information content (AvgIpc) is 3.19. The fourth-order valence-electron chi connectivity index (χ4n) is 4.53. The van der Waals surface area contributed by atoms with Gasteiger partial charge < -0.3 is 9.88 Å². The molecule has 1 aromatic heterocycles. The Balaban J connectivity index is 1.25. The summed E-state index contributed by atoms with van der Waals surface area (Å²) in [6.07, 6.45) is 1.66. The minimum Gasteiger partial charge on any atom is -0.326 e. The molecule has 0 bridgehead atoms. The maximum absolute atomic E-state index is 12.7. The van der Waals surface area contributed by atoms with Crippen LogP contribution < -0.4 is 5.32 Å². The van der Waals surface area contributed by atoms with Gasteiger partial charge in [0, 0.05) is 28.2 Å². The molecule has 0 saturated carbocycles. The zero-order valence-electron chi connectivity index (χ0n) is 18.8. The van der Waals surface area contributed by atoms with Gasteiger partial charge in [0.1, 0.15) is 5.82 Å². The predicted octanol–water partition coefficient (Wildman–Crippen LogP) is 6.24. The van der Waals surface area contributed by atoms with Crippen LogP contribution in [0, 0.1) is 5.92 Å². The lowest BCUT2D eigenvalue weighted by Gasteiger charge is -2.31. The summed E-state index contributed by atoms with van der Waals surface area (Å²) in [6.45, 7) is 3.23. The molecule has 0 radical (unpaired) electrons. The highest BCUT2D eigenvalue weighted by Crippen LogP contribution is 2.24. The van der Waals surface area contributed by atoms with Crippen LogP contribution in [-0.4, -0.2) is 33.4 Å². The summed E-state index contributed by atoms with van der Waals surface area (Å²) < 4.78 is 2.29. The van der Waals surface area contributed by atoms with E-state index in [0.29, 0.717) is 5.02 Å². The third-order valence-electron chi connectivity index (χ3n) is 6.42. The number of hydrogen-bond donors (Lipinski definition) is 1. The summed E-state index contributed by atoms with van der Waals surface area (Å²) in [5.41, 5.74) is 4.10. The molecule has 4 aromatic rings. The van der Waals surface area contributed by atoms with Crippen LogP contribution in [0.2, 0.25) is 10.0 Å². The van der Waals surface area contributed by atoms with E-state index in [1.165, 1.54) is 5.56 Å². The van der Waals surface area contributed by atoms with E-state index in [-0.39, 0.29) is 11.8 Å². The van der Waals surface area contributed by atoms with Crippen molar-refractivity contribution in [3.63, 3.8) is 0 Å². The van der Waals surface area contributed by atoms with Crippen molar-refractivity contribution in [3.8, 4) is 0 Å². The van der Waals surface area contributed by atoms with E-state index in [1.807, 2.05) is 30.3 Å². The number of hydrogen-bond acceptors (Lipinski definition) is 3. The van der Waals surface area contributed by atoms with Crippen molar-refractivity contribution in [2.45, 2.75) is 25.9 Å². The molecule has 174 valence electrons. The number of benzene rings is 3. The summed E-state index contributed by atoms with van der Waals surface area (Å²) in [5, 5.41) is 4.42. The molecular weight excluding hydrogens is 467 g/mol. The van der Waals surface area contributed by atoms with Crippen molar-refractivity contribution < 1.29 is 4.79 Å². The van der Waals surface area contributed by atoms with E-state index in [1.54, 1.807) is 12.1 Å². The third-order valence-corrected chi connectivity index (χ3v) is 6.93. The smallest absolute Gasteiger partial charge is 0.227 e. The highest BCUT2D eigenvalue weighted by molar-refractivity contribution is 6.30. The second kappa shape index (κ2) is 10.2. The summed E-state index contributed by atoms with van der Waals surface area (Å²) in [6, 6.07) is 23.5. The molecule has 0 spiro atoms. The molecule has 1 aliphatic heterocycles. The second-order valence-corrected chi connectivity index (χ2v) is 9.65. The lowest BCUT2D eigenvalue weighted by Crippen LogP contribution is -2.38. The standard InChI is InChI=1S/C27H26Cl2N4O/c28-21-7-5-19(6-8-21)17-33-25-4-2-1-3-24(25)31-26(33)18-32-15-13-20(14-16-32)27(34)30-23-11-9-22(29)10-12-23/h1-12,20H,13-18H2,(H,30,34). The number of halogens is 2. The molecule has 0 unspecified atom stereocenters. The molecule has 1 amide bonds. The molecule has 2 heterocycles. The quantitative estimate of drug-likeness (QED) is 0.346. The van der Waals surface area contributed by atoms with Crippen molar-refractivity contribution in [3.05, 3.63) is 94.2 Å². The number of para-hydroxylation sites is 2. The van der Waals surface area contributed by atoms with E-state index < -0.39 is 0 Å². The van der Waals surface area contributed by atoms with Crippen LogP contribution in [0.25, 0.3) is 11.0 Å². The number of aromatic nitrogens is 2. The third kappa shape index (κ3) is 5.27. The van der Waals surface area contributed by atoms with Crippen molar-refractivity contribution in [2.75, 3.05) is 18.4 Å². The molecular formula is C27H26Cl2N4O. The number of nitrogens with one attached hydrogen (secondary N) is 1. The van der Waals surface area contributed by atoms with Crippen LogP contribution in [0.15, 0.2) is 72.8 Å². The van der Waals surface area contributed by atoms with E-state index >= 15 is 0 Å². The van der Waals surface area contributed by atoms with Crippen LogP contribution in [0.3, 0.4) is 0 Å². The second-order valence-electron chi connectivity index (χ2n) is 8.78. The van der Waals surface area contributed by atoms with Gasteiger partial charge >= 0.3 is 0 Å². The zero-order chi connectivity index (χ0) is 23.5. The molecule has 1 saturated heterocycles. The lowest BCUT2D eigenvalue weighted by molar-refractivity contribution is -0.121. The van der Waals surface area contributed by atoms with Gasteiger partial charge in [0.05, 0.1) is 17.6 Å². The van der Waals surface area contributed by atoms with Gasteiger partial charge in [-0.25, -0.2) is 4.98 Å². The van der Waals surface area contributed by atoms with Gasteiger partial charge in [0.2, 0.25) is 5.91 Å². The molecule has 7 heteroatoms. The lowest BCUT2D eigenvalue weighted by atomic mass is 9.96. The number of imidazole rings is 1. The summed E-state index contributed by atoms with van der Waals surface area (Å²) in [4.78, 5) is 20.1. The first-order valence-electron chi connectivity index (χ1n) is 11.5. The largest absolute Gasteiger partial charge is 0.326 e. The first-order valence-corrected chi connectivity index (χ1v) is 12.3. The van der Waals surface area contributed by atoms with Crippen LogP contribution in [-0.2, 0) is 17.9 Å². The van der Waals surface area contributed by atoms with E-state index in [9.17, 15) is 4.79 Å². The molecule has 0 aliphatic carbocycles. The Morgan fingerprint density at radius 2 is 1.53 bits per heavy atom. The number of carbonyl (C=O) groups is 1. The minimum atomic E-state index is 0.0137. The average molecular weight is 493 g/mol. The molecule has 0 atom stereocenters. The Kier molecular flexibility index (Phi) is 6.86. The summed E-state index contributed by atoms with van der Waals surface area (Å²) >= 11 is 12.0. The molecule has 34 heavy (non-hydrogen) atoms. The Morgan fingerprint density at radius 1 is 0.882 bits per heavy atom. The van der Waals surface area contributed by atoms with Crippen molar-refractivity contribution >= 4 is 45.8 Å². The predicted molar refractivity (Wildman–Crippen MR) is 138 cm³/mol. The molecule has 3 aromatic carbocycles. The number of piperidine rings is 1. The van der Waals surface area contributed by atoms with Crippen molar-refractivity contribution in [2.24, 2.45) is 5.92 Å². The molecule has 1 aliphatic rings. The Hall–Kier alpha value is -2.86. The number of carbonyl (C=O) groups excluding carboxylic acids is 1. The monoisotopic (exact) mass is 492 g/mol. The maximum Gasteiger partial charge on any atom is 0.227 e. The Morgan fingerprint density at radius 3 is 2.24 bits per heavy atom. The summed E-state index contributed by atoms with van der Waals surface area (Å²) in [5.74, 6) is 1.14. The maximum atomic E-state index is 12.7. The van der Waals surface area contributed by atoms with E-state index in [0.717, 1.165) is 66.6 Å². The Bertz CT molecular complexity index is 1280. The SMILES string of the molecule is O=C(Nc1ccc(Cl)cc1)C1CCN(Cc2nc3ccccc3n2Cc2ccc(Cl)cc2)CC1. The number of fused-ring (bicyclic) bond motifs is 1. The van der Waals surface area contributed by atoms with Crippen LogP contribution in [0.5, 0.6) is 0 Å². The van der Waals surface area contributed by atoms with Crippen molar-refractivity contribution in [1.82, 2.24) is 14.5 Å². The number of nitrogens with zero attached hydrogens (tertiary/aromatic N) is 3. The number of likely N-dealkylation sites (tertiary alicyclic amines) is 1. The number of amides is 1. The number of anilines is 1. The van der Waals surface area contributed by atoms with Crippen LogP contribution in [0.1, 0.15) is 24.2 Å². The zero-order valence-corrected chi connectivity index (χ0v) is 20.3. The highest BCUT2D eigenvalue weighted by atomic mass is 35.5. The van der Waals surface area contributed by atoms with E-state index in [2.05, 4.69) is 45.1 Å². The molecule has 1 fully saturated rings. The van der Waals surface area contributed by atoms with Gasteiger partial charge in [0.25, 0.3) is 0 Å². The van der Waals surface area contributed by atoms with Gasteiger partial charge in [-0.05, 0) is 80.0 Å². The number of rotatable bonds is 6. The van der Waals surface area contributed by atoms with Gasteiger partial charge in [-0.2, -0.15) is 0 Å². The van der Waals surface area contributed by atoms with Gasteiger partial charge in [-0.1, -0.05) is 47.5 Å². The van der Waals surface area contributed by atoms with Crippen molar-refractivity contribution in [1.29, 1.82) is 0 Å². The molecule has 1 N–H and O–H groups in total. The van der Waals surface area contributed by atoms with Gasteiger partial charge in [0.15, 0.2) is 0 Å². The topological polar surface area (TPSA) is 50.2 Å². The minimum absolute atomic E-state index is 0.0137. The van der Waals surface area contributed by atoms with Gasteiger partial charge in [-0.3, -0.25) is 9.69 Å². The first-order chi connectivity index (χ1) is 16.5. The first kappa shape index (κ1) is 22.9. The summed E-state index contributed by atoms with van der Waals surface area (Å²) in [7, 11) is 0. The van der Waals surface area contributed by atoms with E-state index in [4.69, 9.17) is 28.2 Å². The van der Waals surface area contributed by atoms with Crippen LogP contribution >= 0.6 is 23.2 Å². The van der Waals surface area contributed by atoms with Crippen LogP contribution in [0.4, 0.5) is 5.69 Å². The molecule has 5 nitrogen and oxygen atoms in total. The fraction of sp³-hybridized carbons (Fsp3) is 0.259. The molecule has 5 rings (SSSR count). The highest BCUT2D eigenvalue weighted by Gasteiger charge is 2.26. The Labute approximate surface area is 209 Å². The van der Waals surface area contributed by atoms with Gasteiger partial charge in [-0.15, -0.1) is 0 Å². The normalized spacial score (nSPS) is 15.0. The fourth-order valence-corrected chi connectivity index (χ4v) is 4.78.